The molecule has 0 radical (unpaired) electrons. The van der Waals surface area contributed by atoms with Gasteiger partial charge in [-0.05, 0) is 66.1 Å². The lowest BCUT2D eigenvalue weighted by molar-refractivity contribution is 0.155. The van der Waals surface area contributed by atoms with E-state index in [2.05, 4.69) is 32.2 Å². The van der Waals surface area contributed by atoms with Crippen LogP contribution < -0.4 is 4.74 Å². The van der Waals surface area contributed by atoms with Crippen molar-refractivity contribution >= 4 is 20.9 Å². The number of ether oxygens (including phenoxy) is 1. The molecule has 2 atom stereocenters. The first-order valence-electron chi connectivity index (χ1n) is 13.0. The van der Waals surface area contributed by atoms with Crippen molar-refractivity contribution in [2.75, 3.05) is 20.2 Å². The predicted octanol–water partition coefficient (Wildman–Crippen LogP) is 5.08. The van der Waals surface area contributed by atoms with E-state index in [1.807, 2.05) is 12.1 Å². The van der Waals surface area contributed by atoms with Crippen LogP contribution >= 0.6 is 0 Å². The Morgan fingerprint density at radius 1 is 1.00 bits per heavy atom. The van der Waals surface area contributed by atoms with Crippen LogP contribution in [0, 0.1) is 5.82 Å². The minimum absolute atomic E-state index is 0.136. The van der Waals surface area contributed by atoms with Crippen LogP contribution in [-0.4, -0.2) is 53.0 Å². The Labute approximate surface area is 231 Å². The van der Waals surface area contributed by atoms with Crippen molar-refractivity contribution in [3.63, 3.8) is 0 Å². The fourth-order valence-electron chi connectivity index (χ4n) is 6.14. The number of sulfonamides is 1. The summed E-state index contributed by atoms with van der Waals surface area (Å²) in [6, 6.07) is 20.9. The zero-order valence-electron chi connectivity index (χ0n) is 21.7. The molecule has 2 aliphatic heterocycles. The van der Waals surface area contributed by atoms with Gasteiger partial charge in [0, 0.05) is 35.8 Å². The third-order valence-corrected chi connectivity index (χ3v) is 9.85. The van der Waals surface area contributed by atoms with Crippen LogP contribution in [0.2, 0.25) is 0 Å². The molecular weight excluding hydrogens is 529 g/mol. The topological polar surface area (TPSA) is 91.4 Å². The highest BCUT2D eigenvalue weighted by Gasteiger charge is 2.50. The molecule has 5 aromatic rings. The van der Waals surface area contributed by atoms with E-state index in [9.17, 15) is 12.8 Å². The van der Waals surface area contributed by atoms with Crippen LogP contribution in [0.4, 0.5) is 4.39 Å². The number of methoxy groups -OCH3 is 1. The van der Waals surface area contributed by atoms with Gasteiger partial charge in [0.2, 0.25) is 10.0 Å². The van der Waals surface area contributed by atoms with Gasteiger partial charge in [-0.15, -0.1) is 0 Å². The van der Waals surface area contributed by atoms with E-state index in [-0.39, 0.29) is 23.3 Å². The zero-order chi connectivity index (χ0) is 27.4. The number of hydrogen-bond donors (Lipinski definition) is 1. The van der Waals surface area contributed by atoms with E-state index >= 15 is 0 Å². The van der Waals surface area contributed by atoms with E-state index < -0.39 is 16.2 Å². The summed E-state index contributed by atoms with van der Waals surface area (Å²) in [6.07, 6.45) is 3.48. The van der Waals surface area contributed by atoms with Crippen molar-refractivity contribution in [1.29, 1.82) is 0 Å². The Bertz CT molecular complexity index is 1840. The maximum atomic E-state index is 14.7. The van der Waals surface area contributed by atoms with E-state index in [1.165, 1.54) is 17.7 Å². The van der Waals surface area contributed by atoms with Gasteiger partial charge in [-0.25, -0.2) is 12.8 Å². The molecule has 0 bridgehead atoms. The Kier molecular flexibility index (Phi) is 5.92. The predicted molar refractivity (Wildman–Crippen MR) is 149 cm³/mol. The molecule has 40 heavy (non-hydrogen) atoms. The van der Waals surface area contributed by atoms with Gasteiger partial charge in [0.15, 0.2) is 0 Å². The first kappa shape index (κ1) is 24.9. The average Bonchev–Trinajstić information content (AvgIpc) is 3.62. The maximum absolute atomic E-state index is 14.7. The summed E-state index contributed by atoms with van der Waals surface area (Å²) in [5.41, 5.74) is 4.95. The molecule has 7 rings (SSSR count). The molecule has 0 aliphatic carbocycles. The molecule has 202 valence electrons. The highest BCUT2D eigenvalue weighted by Crippen LogP contribution is 2.48. The van der Waals surface area contributed by atoms with Crippen LogP contribution in [0.1, 0.15) is 28.9 Å². The van der Waals surface area contributed by atoms with Gasteiger partial charge in [-0.2, -0.15) is 9.40 Å². The molecule has 8 nitrogen and oxygen atoms in total. The molecule has 1 saturated heterocycles. The fourth-order valence-corrected chi connectivity index (χ4v) is 7.91. The standard InChI is InChI=1S/C30H26FN5O3S/c1-39-26-12-13-27(23-7-4-15-32-29(23)26)40(37,38)36-18-25-22-6-3-2-5-19(22)14-16-35(25)30(36)24-17-33-34-28(24)20-8-10-21(31)11-9-20/h2-13,15,17,25,30H,14,16,18H2,1H3,(H,33,34)/t25-,30-/m0/s1. The monoisotopic (exact) mass is 555 g/mol. The van der Waals surface area contributed by atoms with Gasteiger partial charge in [0.25, 0.3) is 0 Å². The van der Waals surface area contributed by atoms with Gasteiger partial charge < -0.3 is 4.74 Å². The smallest absolute Gasteiger partial charge is 0.245 e. The van der Waals surface area contributed by atoms with Crippen LogP contribution in [0.5, 0.6) is 5.75 Å². The second kappa shape index (κ2) is 9.51. The minimum atomic E-state index is -4.04. The molecule has 10 heteroatoms. The van der Waals surface area contributed by atoms with E-state index in [1.54, 1.807) is 60.2 Å². The second-order valence-electron chi connectivity index (χ2n) is 10.0. The lowest BCUT2D eigenvalue weighted by atomic mass is 9.93. The lowest BCUT2D eigenvalue weighted by Crippen LogP contribution is -2.37. The number of aromatic amines is 1. The molecule has 0 spiro atoms. The van der Waals surface area contributed by atoms with Crippen molar-refractivity contribution in [1.82, 2.24) is 24.4 Å². The summed E-state index contributed by atoms with van der Waals surface area (Å²) < 4.78 is 50.1. The molecule has 0 unspecified atom stereocenters. The molecule has 0 amide bonds. The van der Waals surface area contributed by atoms with Gasteiger partial charge in [-0.3, -0.25) is 15.0 Å². The van der Waals surface area contributed by atoms with Crippen LogP contribution in [-0.2, 0) is 16.4 Å². The largest absolute Gasteiger partial charge is 0.494 e. The number of fused-ring (bicyclic) bond motifs is 4. The Hall–Kier alpha value is -4.12. The lowest BCUT2D eigenvalue weighted by Gasteiger charge is -2.35. The van der Waals surface area contributed by atoms with Gasteiger partial charge >= 0.3 is 0 Å². The van der Waals surface area contributed by atoms with Crippen molar-refractivity contribution < 1.29 is 17.5 Å². The van der Waals surface area contributed by atoms with Crippen molar-refractivity contribution in [2.45, 2.75) is 23.5 Å². The number of benzene rings is 3. The maximum Gasteiger partial charge on any atom is 0.245 e. The third kappa shape index (κ3) is 3.82. The first-order valence-corrected chi connectivity index (χ1v) is 14.5. The number of nitrogens with zero attached hydrogens (tertiary/aromatic N) is 4. The summed E-state index contributed by atoms with van der Waals surface area (Å²) >= 11 is 0. The Morgan fingerprint density at radius 3 is 2.65 bits per heavy atom. The quantitative estimate of drug-likeness (QED) is 0.326. The molecule has 2 aromatic heterocycles. The van der Waals surface area contributed by atoms with E-state index in [4.69, 9.17) is 4.74 Å². The summed E-state index contributed by atoms with van der Waals surface area (Å²) in [7, 11) is -2.50. The highest BCUT2D eigenvalue weighted by atomic mass is 32.2. The van der Waals surface area contributed by atoms with Crippen molar-refractivity contribution in [2.24, 2.45) is 0 Å². The van der Waals surface area contributed by atoms with Crippen LogP contribution in [0.25, 0.3) is 22.2 Å². The van der Waals surface area contributed by atoms with Gasteiger partial charge in [-0.1, -0.05) is 24.3 Å². The summed E-state index contributed by atoms with van der Waals surface area (Å²) in [6.45, 7) is 0.948. The average molecular weight is 556 g/mol. The van der Waals surface area contributed by atoms with Crippen molar-refractivity contribution in [3.05, 3.63) is 108 Å². The molecule has 2 aliphatic rings. The van der Waals surface area contributed by atoms with E-state index in [0.29, 0.717) is 34.5 Å². The number of rotatable bonds is 5. The van der Waals surface area contributed by atoms with Crippen LogP contribution in [0.3, 0.4) is 0 Å². The summed E-state index contributed by atoms with van der Waals surface area (Å²) in [5, 5.41) is 7.86. The second-order valence-corrected chi connectivity index (χ2v) is 11.9. The highest BCUT2D eigenvalue weighted by molar-refractivity contribution is 7.89. The SMILES string of the molecule is COc1ccc(S(=O)(=O)N2C[C@H]3c4ccccc4CCN3[C@@H]2c2cn[nH]c2-c2ccc(F)cc2)c2cccnc12. The number of nitrogens with one attached hydrogen (secondary N) is 1. The minimum Gasteiger partial charge on any atom is -0.494 e. The number of halogens is 1. The van der Waals surface area contributed by atoms with Gasteiger partial charge in [0.1, 0.15) is 23.2 Å². The third-order valence-electron chi connectivity index (χ3n) is 7.97. The number of H-pyrrole nitrogens is 1. The normalized spacial score (nSPS) is 19.4. The zero-order valence-corrected chi connectivity index (χ0v) is 22.5. The summed E-state index contributed by atoms with van der Waals surface area (Å²) in [4.78, 5) is 6.83. The summed E-state index contributed by atoms with van der Waals surface area (Å²) in [5.74, 6) is 0.162. The fraction of sp³-hybridized carbons (Fsp3) is 0.200. The Balaban J connectivity index is 1.41. The molecule has 1 fully saturated rings. The molecule has 0 saturated carbocycles. The number of hydrogen-bond acceptors (Lipinski definition) is 6. The molecule has 4 heterocycles. The molecule has 3 aromatic carbocycles. The number of pyridine rings is 1. The van der Waals surface area contributed by atoms with Crippen molar-refractivity contribution in [3.8, 4) is 17.0 Å². The number of aromatic nitrogens is 3. The van der Waals surface area contributed by atoms with E-state index in [0.717, 1.165) is 17.5 Å². The van der Waals surface area contributed by atoms with Crippen LogP contribution in [0.15, 0.2) is 90.1 Å². The first-order chi connectivity index (χ1) is 19.5. The molecular formula is C30H26FN5O3S. The van der Waals surface area contributed by atoms with Gasteiger partial charge in [0.05, 0.1) is 29.9 Å². The molecule has 1 N–H and O–H groups in total. The Morgan fingerprint density at radius 2 is 1.82 bits per heavy atom.